The van der Waals surface area contributed by atoms with Gasteiger partial charge in [0.05, 0.1) is 0 Å². The molecular weight excluding hydrogens is 198 g/mol. The summed E-state index contributed by atoms with van der Waals surface area (Å²) in [6.07, 6.45) is 0. The van der Waals surface area contributed by atoms with Crippen LogP contribution in [-0.4, -0.2) is 0 Å². The fourth-order valence-corrected chi connectivity index (χ4v) is 1.73. The molecule has 0 aliphatic heterocycles. The second kappa shape index (κ2) is 4.40. The maximum Gasteiger partial charge on any atom is 1.00 e. The van der Waals surface area contributed by atoms with E-state index in [0.29, 0.717) is 10.0 Å². The Balaban J connectivity index is 0.000000845. The fraction of sp³-hybridized carbons (Fsp3) is 0. The first kappa shape index (κ1) is 11.0. The molecule has 60 valence electrons. The van der Waals surface area contributed by atoms with Crippen LogP contribution in [0.2, 0.25) is 10.0 Å². The molecule has 2 rings (SSSR count). The van der Waals surface area contributed by atoms with Crippen LogP contribution in [0, 0.1) is 6.07 Å². The summed E-state index contributed by atoms with van der Waals surface area (Å²) >= 11 is 11.8. The molecule has 0 bridgehead atoms. The van der Waals surface area contributed by atoms with Gasteiger partial charge in [-0.25, -0.2) is 0 Å². The van der Waals surface area contributed by atoms with Crippen molar-refractivity contribution in [2.45, 2.75) is 0 Å². The van der Waals surface area contributed by atoms with Crippen molar-refractivity contribution in [1.82, 2.24) is 0 Å². The van der Waals surface area contributed by atoms with Gasteiger partial charge in [-0.15, -0.1) is 41.4 Å². The van der Waals surface area contributed by atoms with E-state index in [1.54, 1.807) is 0 Å². The average Bonchev–Trinajstić information content (AvgIpc) is 2.29. The molecule has 0 aromatic heterocycles. The topological polar surface area (TPSA) is 0 Å². The fourth-order valence-electron chi connectivity index (χ4n) is 1.16. The Morgan fingerprint density at radius 2 is 1.31 bits per heavy atom. The van der Waals surface area contributed by atoms with Crippen molar-refractivity contribution in [1.29, 1.82) is 0 Å². The third kappa shape index (κ3) is 2.03. The molecule has 0 N–H and O–H groups in total. The summed E-state index contributed by atoms with van der Waals surface area (Å²) in [5.74, 6) is 0. The summed E-state index contributed by atoms with van der Waals surface area (Å²) in [4.78, 5) is 0. The molecule has 0 radical (unpaired) electrons. The van der Waals surface area contributed by atoms with Crippen LogP contribution in [0.25, 0.3) is 11.1 Å². The molecule has 0 saturated carbocycles. The molecule has 0 spiro atoms. The van der Waals surface area contributed by atoms with Gasteiger partial charge in [0.2, 0.25) is 0 Å². The van der Waals surface area contributed by atoms with Crippen LogP contribution >= 0.6 is 23.2 Å². The van der Waals surface area contributed by atoms with Gasteiger partial charge in [-0.2, -0.15) is 11.1 Å². The zero-order valence-electron chi connectivity index (χ0n) is 7.14. The van der Waals surface area contributed by atoms with Crippen LogP contribution in [0.3, 0.4) is 0 Å². The third-order valence-electron chi connectivity index (χ3n) is 1.73. The van der Waals surface area contributed by atoms with Crippen LogP contribution < -0.4 is 18.9 Å². The van der Waals surface area contributed by atoms with Crippen molar-refractivity contribution in [2.75, 3.05) is 0 Å². The zero-order valence-corrected chi connectivity index (χ0v) is 8.65. The average molecular weight is 203 g/mol. The van der Waals surface area contributed by atoms with E-state index in [1.165, 1.54) is 0 Å². The van der Waals surface area contributed by atoms with Gasteiger partial charge in [-0.05, 0) is 0 Å². The van der Waals surface area contributed by atoms with Crippen LogP contribution in [0.4, 0.5) is 0 Å². The van der Waals surface area contributed by atoms with E-state index in [2.05, 4.69) is 6.07 Å². The largest absolute Gasteiger partial charge is 1.00 e. The quantitative estimate of drug-likeness (QED) is 0.440. The normalized spacial score (nSPS) is 9.69. The number of halogens is 2. The molecule has 0 heterocycles. The number of rotatable bonds is 0. The van der Waals surface area contributed by atoms with Crippen LogP contribution in [0.5, 0.6) is 0 Å². The minimum absolute atomic E-state index is 0. The Hall–Kier alpha value is -0.123. The standard InChI is InChI=1S/C10H5Cl2.Li/c11-9-6-10(12)8-5-3-1-2-4-7(8)9;/h1-5H;/q-1;+1. The van der Waals surface area contributed by atoms with Crippen molar-refractivity contribution in [3.8, 4) is 11.1 Å². The van der Waals surface area contributed by atoms with Gasteiger partial charge in [0.15, 0.2) is 0 Å². The van der Waals surface area contributed by atoms with Crippen molar-refractivity contribution in [2.24, 2.45) is 0 Å². The summed E-state index contributed by atoms with van der Waals surface area (Å²) in [5.41, 5.74) is 1.90. The van der Waals surface area contributed by atoms with E-state index in [-0.39, 0.29) is 18.9 Å². The smallest absolute Gasteiger partial charge is 0.152 e. The molecule has 0 unspecified atom stereocenters. The zero-order chi connectivity index (χ0) is 8.55. The molecule has 0 saturated heterocycles. The van der Waals surface area contributed by atoms with Gasteiger partial charge in [0, 0.05) is 0 Å². The first-order valence-corrected chi connectivity index (χ1v) is 4.29. The van der Waals surface area contributed by atoms with Gasteiger partial charge >= 0.3 is 18.9 Å². The summed E-state index contributed by atoms with van der Waals surface area (Å²) in [6.45, 7) is 0. The van der Waals surface area contributed by atoms with Crippen LogP contribution in [-0.2, 0) is 0 Å². The molecule has 0 aromatic rings. The van der Waals surface area contributed by atoms with E-state index >= 15 is 0 Å². The van der Waals surface area contributed by atoms with Gasteiger partial charge in [-0.1, -0.05) is 28.2 Å². The number of fused-ring (bicyclic) bond motifs is 1. The monoisotopic (exact) mass is 202 g/mol. The van der Waals surface area contributed by atoms with Crippen LogP contribution in [0.15, 0.2) is 30.3 Å². The summed E-state index contributed by atoms with van der Waals surface area (Å²) in [6, 6.07) is 12.5. The first-order valence-electron chi connectivity index (χ1n) is 3.54. The molecular formula is C10H5Cl2Li. The molecule has 0 nitrogen and oxygen atoms in total. The molecule has 13 heavy (non-hydrogen) atoms. The van der Waals surface area contributed by atoms with Crippen molar-refractivity contribution < 1.29 is 18.9 Å². The number of hydrogen-bond donors (Lipinski definition) is 0. The van der Waals surface area contributed by atoms with Crippen LogP contribution in [0.1, 0.15) is 0 Å². The summed E-state index contributed by atoms with van der Waals surface area (Å²) < 4.78 is 0. The number of hydrogen-bond acceptors (Lipinski definition) is 0. The van der Waals surface area contributed by atoms with Crippen molar-refractivity contribution >= 4 is 23.2 Å². The Labute approximate surface area is 99.4 Å². The summed E-state index contributed by atoms with van der Waals surface area (Å²) in [5, 5.41) is 1.18. The maximum absolute atomic E-state index is 5.90. The van der Waals surface area contributed by atoms with E-state index in [4.69, 9.17) is 23.2 Å². The Morgan fingerprint density at radius 3 is 1.77 bits per heavy atom. The van der Waals surface area contributed by atoms with E-state index < -0.39 is 0 Å². The van der Waals surface area contributed by atoms with E-state index in [0.717, 1.165) is 11.1 Å². The van der Waals surface area contributed by atoms with Crippen molar-refractivity contribution in [3.63, 3.8) is 0 Å². The third-order valence-corrected chi connectivity index (χ3v) is 2.33. The second-order valence-corrected chi connectivity index (χ2v) is 3.25. The summed E-state index contributed by atoms with van der Waals surface area (Å²) in [7, 11) is 0. The van der Waals surface area contributed by atoms with Gasteiger partial charge in [0.1, 0.15) is 0 Å². The van der Waals surface area contributed by atoms with Gasteiger partial charge < -0.3 is 0 Å². The molecule has 0 amide bonds. The second-order valence-electron chi connectivity index (χ2n) is 2.49. The molecule has 0 fully saturated rings. The predicted molar refractivity (Wildman–Crippen MR) is 51.9 cm³/mol. The van der Waals surface area contributed by atoms with E-state index in [9.17, 15) is 0 Å². The van der Waals surface area contributed by atoms with E-state index in [1.807, 2.05) is 30.3 Å². The maximum atomic E-state index is 5.90. The SMILES string of the molecule is Clc1[c-]c(Cl)c2cccccc1-2.[Li+]. The molecule has 3 heteroatoms. The van der Waals surface area contributed by atoms with Gasteiger partial charge in [-0.3, -0.25) is 0 Å². The molecule has 0 aromatic carbocycles. The first-order chi connectivity index (χ1) is 5.79. The Morgan fingerprint density at radius 1 is 0.846 bits per heavy atom. The van der Waals surface area contributed by atoms with Crippen molar-refractivity contribution in [3.05, 3.63) is 46.4 Å². The minimum atomic E-state index is 0. The van der Waals surface area contributed by atoms with Gasteiger partial charge in [0.25, 0.3) is 0 Å². The Bertz CT molecular complexity index is 353. The predicted octanol–water partition coefficient (Wildman–Crippen LogP) is 0.902. The molecule has 2 aliphatic rings. The minimum Gasteiger partial charge on any atom is -0.152 e. The Kier molecular flexibility index (Phi) is 3.71. The molecule has 2 aliphatic carbocycles. The molecule has 0 atom stereocenters.